The van der Waals surface area contributed by atoms with Crippen LogP contribution < -0.4 is 10.6 Å². The Morgan fingerprint density at radius 2 is 2.19 bits per heavy atom. The Morgan fingerprint density at radius 3 is 2.75 bits per heavy atom. The molecular weight excluding hydrogens is 202 g/mol. The quantitative estimate of drug-likeness (QED) is 0.780. The minimum absolute atomic E-state index is 0.00204. The summed E-state index contributed by atoms with van der Waals surface area (Å²) in [4.78, 5) is 11.7. The Balaban J connectivity index is 1.98. The molecule has 1 amide bonds. The van der Waals surface area contributed by atoms with Crippen molar-refractivity contribution in [1.29, 1.82) is 5.26 Å². The van der Waals surface area contributed by atoms with Gasteiger partial charge in [0.2, 0.25) is 5.91 Å². The van der Waals surface area contributed by atoms with Gasteiger partial charge >= 0.3 is 0 Å². The summed E-state index contributed by atoms with van der Waals surface area (Å²) in [6.45, 7) is 0.908. The molecule has 4 nitrogen and oxygen atoms in total. The van der Waals surface area contributed by atoms with E-state index in [1.807, 2.05) is 6.07 Å². The minimum Gasteiger partial charge on any atom is -0.325 e. The van der Waals surface area contributed by atoms with Crippen LogP contribution in [0.15, 0.2) is 24.3 Å². The molecule has 1 aromatic carbocycles. The fourth-order valence-electron chi connectivity index (χ4n) is 1.77. The van der Waals surface area contributed by atoms with Gasteiger partial charge in [0.25, 0.3) is 0 Å². The third-order valence-electron chi connectivity index (χ3n) is 2.66. The van der Waals surface area contributed by atoms with Crippen LogP contribution in [0.1, 0.15) is 18.4 Å². The highest BCUT2D eigenvalue weighted by atomic mass is 16.2. The molecule has 4 heteroatoms. The van der Waals surface area contributed by atoms with Gasteiger partial charge in [0.05, 0.1) is 17.7 Å². The van der Waals surface area contributed by atoms with Crippen molar-refractivity contribution >= 4 is 11.6 Å². The monoisotopic (exact) mass is 215 g/mol. The Kier molecular flexibility index (Phi) is 3.18. The summed E-state index contributed by atoms with van der Waals surface area (Å²) in [5, 5.41) is 14.6. The van der Waals surface area contributed by atoms with Crippen molar-refractivity contribution in [3.05, 3.63) is 29.8 Å². The second kappa shape index (κ2) is 4.77. The lowest BCUT2D eigenvalue weighted by atomic mass is 10.2. The zero-order valence-electron chi connectivity index (χ0n) is 8.86. The van der Waals surface area contributed by atoms with E-state index < -0.39 is 0 Å². The van der Waals surface area contributed by atoms with E-state index in [0.717, 1.165) is 25.1 Å². The van der Waals surface area contributed by atoms with Crippen LogP contribution >= 0.6 is 0 Å². The van der Waals surface area contributed by atoms with Gasteiger partial charge in [-0.3, -0.25) is 4.79 Å². The topological polar surface area (TPSA) is 64.9 Å². The van der Waals surface area contributed by atoms with Gasteiger partial charge in [0, 0.05) is 5.69 Å². The number of nitrogens with zero attached hydrogens (tertiary/aromatic N) is 1. The van der Waals surface area contributed by atoms with Gasteiger partial charge in [-0.15, -0.1) is 0 Å². The van der Waals surface area contributed by atoms with Crippen LogP contribution in [0, 0.1) is 11.3 Å². The van der Waals surface area contributed by atoms with Gasteiger partial charge < -0.3 is 10.6 Å². The molecule has 2 N–H and O–H groups in total. The Morgan fingerprint density at radius 1 is 1.44 bits per heavy atom. The largest absolute Gasteiger partial charge is 0.325 e. The molecule has 16 heavy (non-hydrogen) atoms. The van der Waals surface area contributed by atoms with Crippen LogP contribution in [0.5, 0.6) is 0 Å². The predicted octanol–water partition coefficient (Wildman–Crippen LogP) is 1.25. The number of hydrogen-bond acceptors (Lipinski definition) is 3. The van der Waals surface area contributed by atoms with Crippen LogP contribution in [0.3, 0.4) is 0 Å². The number of carbonyl (C=O) groups is 1. The molecule has 1 saturated heterocycles. The number of benzene rings is 1. The van der Waals surface area contributed by atoms with Gasteiger partial charge in [-0.1, -0.05) is 0 Å². The van der Waals surface area contributed by atoms with Crippen LogP contribution in [-0.4, -0.2) is 18.5 Å². The highest BCUT2D eigenvalue weighted by Crippen LogP contribution is 2.11. The van der Waals surface area contributed by atoms with Crippen LogP contribution in [0.2, 0.25) is 0 Å². The summed E-state index contributed by atoms with van der Waals surface area (Å²) in [6.07, 6.45) is 1.94. The number of anilines is 1. The molecule has 1 atom stereocenters. The summed E-state index contributed by atoms with van der Waals surface area (Å²) in [6, 6.07) is 8.83. The van der Waals surface area contributed by atoms with Crippen molar-refractivity contribution in [3.8, 4) is 6.07 Å². The molecule has 1 aliphatic rings. The maximum absolute atomic E-state index is 11.7. The standard InChI is InChI=1S/C12H13N3O/c13-8-9-3-5-10(6-4-9)15-12(16)11-2-1-7-14-11/h3-6,11,14H,1-2,7H2,(H,15,16)/t11-/m0/s1. The van der Waals surface area contributed by atoms with E-state index in [9.17, 15) is 4.79 Å². The molecule has 0 aliphatic carbocycles. The van der Waals surface area contributed by atoms with Crippen molar-refractivity contribution in [2.24, 2.45) is 0 Å². The van der Waals surface area contributed by atoms with Crippen molar-refractivity contribution in [3.63, 3.8) is 0 Å². The Labute approximate surface area is 94.3 Å². The highest BCUT2D eigenvalue weighted by molar-refractivity contribution is 5.95. The van der Waals surface area contributed by atoms with E-state index in [1.54, 1.807) is 24.3 Å². The number of nitrogens with one attached hydrogen (secondary N) is 2. The van der Waals surface area contributed by atoms with Gasteiger partial charge in [0.1, 0.15) is 0 Å². The molecular formula is C12H13N3O. The molecule has 2 rings (SSSR count). The number of hydrogen-bond donors (Lipinski definition) is 2. The van der Waals surface area contributed by atoms with Gasteiger partial charge in [-0.05, 0) is 43.7 Å². The minimum atomic E-state index is -0.0735. The van der Waals surface area contributed by atoms with Gasteiger partial charge in [0.15, 0.2) is 0 Å². The van der Waals surface area contributed by atoms with Crippen molar-refractivity contribution < 1.29 is 4.79 Å². The third-order valence-corrected chi connectivity index (χ3v) is 2.66. The number of rotatable bonds is 2. The zero-order chi connectivity index (χ0) is 11.4. The van der Waals surface area contributed by atoms with Crippen LogP contribution in [0.25, 0.3) is 0 Å². The molecule has 1 aliphatic heterocycles. The molecule has 1 fully saturated rings. The second-order valence-corrected chi connectivity index (χ2v) is 3.83. The molecule has 0 saturated carbocycles. The Hall–Kier alpha value is -1.86. The molecule has 1 aromatic rings. The van der Waals surface area contributed by atoms with Crippen LogP contribution in [0.4, 0.5) is 5.69 Å². The third kappa shape index (κ3) is 2.38. The van der Waals surface area contributed by atoms with Crippen molar-refractivity contribution in [1.82, 2.24) is 5.32 Å². The molecule has 0 unspecified atom stereocenters. The molecule has 1 heterocycles. The lowest BCUT2D eigenvalue weighted by Crippen LogP contribution is -2.35. The summed E-state index contributed by atoms with van der Waals surface area (Å²) in [7, 11) is 0. The van der Waals surface area contributed by atoms with Crippen molar-refractivity contribution in [2.75, 3.05) is 11.9 Å². The maximum Gasteiger partial charge on any atom is 0.241 e. The first-order valence-corrected chi connectivity index (χ1v) is 5.34. The number of nitriles is 1. The number of carbonyl (C=O) groups excluding carboxylic acids is 1. The fourth-order valence-corrected chi connectivity index (χ4v) is 1.77. The molecule has 82 valence electrons. The van der Waals surface area contributed by atoms with Crippen molar-refractivity contribution in [2.45, 2.75) is 18.9 Å². The second-order valence-electron chi connectivity index (χ2n) is 3.83. The lowest BCUT2D eigenvalue weighted by molar-refractivity contribution is -0.117. The molecule has 0 spiro atoms. The summed E-state index contributed by atoms with van der Waals surface area (Å²) >= 11 is 0. The maximum atomic E-state index is 11.7. The molecule has 0 aromatic heterocycles. The van der Waals surface area contributed by atoms with Crippen LogP contribution in [-0.2, 0) is 4.79 Å². The Bertz CT molecular complexity index is 413. The first-order valence-electron chi connectivity index (χ1n) is 5.34. The van der Waals surface area contributed by atoms with Gasteiger partial charge in [-0.2, -0.15) is 5.26 Å². The fraction of sp³-hybridized carbons (Fsp3) is 0.333. The van der Waals surface area contributed by atoms with E-state index >= 15 is 0 Å². The average molecular weight is 215 g/mol. The van der Waals surface area contributed by atoms with E-state index in [-0.39, 0.29) is 11.9 Å². The first kappa shape index (κ1) is 10.7. The first-order chi connectivity index (χ1) is 7.79. The lowest BCUT2D eigenvalue weighted by Gasteiger charge is -2.10. The normalized spacial score (nSPS) is 19.1. The molecule has 0 bridgehead atoms. The summed E-state index contributed by atoms with van der Waals surface area (Å²) in [5.41, 5.74) is 1.33. The smallest absolute Gasteiger partial charge is 0.241 e. The van der Waals surface area contributed by atoms with E-state index in [1.165, 1.54) is 0 Å². The van der Waals surface area contributed by atoms with Gasteiger partial charge in [-0.25, -0.2) is 0 Å². The van der Waals surface area contributed by atoms with E-state index in [2.05, 4.69) is 10.6 Å². The zero-order valence-corrected chi connectivity index (χ0v) is 8.86. The predicted molar refractivity (Wildman–Crippen MR) is 60.8 cm³/mol. The van der Waals surface area contributed by atoms with E-state index in [4.69, 9.17) is 5.26 Å². The summed E-state index contributed by atoms with van der Waals surface area (Å²) in [5.74, 6) is 0.00204. The highest BCUT2D eigenvalue weighted by Gasteiger charge is 2.21. The molecule has 0 radical (unpaired) electrons. The van der Waals surface area contributed by atoms with E-state index in [0.29, 0.717) is 5.56 Å². The summed E-state index contributed by atoms with van der Waals surface area (Å²) < 4.78 is 0. The average Bonchev–Trinajstić information content (AvgIpc) is 2.83. The number of amides is 1. The SMILES string of the molecule is N#Cc1ccc(NC(=O)[C@@H]2CCCN2)cc1.